The van der Waals surface area contributed by atoms with Crippen LogP contribution in [0.1, 0.15) is 32.6 Å². The van der Waals surface area contributed by atoms with Gasteiger partial charge in [0.15, 0.2) is 6.04 Å². The van der Waals surface area contributed by atoms with E-state index in [9.17, 15) is 14.7 Å². The van der Waals surface area contributed by atoms with Crippen molar-refractivity contribution in [2.75, 3.05) is 13.7 Å². The van der Waals surface area contributed by atoms with E-state index in [1.165, 1.54) is 4.90 Å². The Kier molecular flexibility index (Phi) is 5.55. The van der Waals surface area contributed by atoms with Crippen LogP contribution in [-0.4, -0.2) is 53.7 Å². The minimum Gasteiger partial charge on any atom is -0.464 e. The smallest absolute Gasteiger partial charge is 0.332 e. The monoisotopic (exact) mass is 258 g/mol. The summed E-state index contributed by atoms with van der Waals surface area (Å²) < 4.78 is 4.72. The standard InChI is InChI=1S/C12H22N2O4/c1-3-18-12(17)10(13)11(16)14(2)8-6-4-5-7-9(8)15/h8-10,15H,3-7,13H2,1-2H3. The van der Waals surface area contributed by atoms with Crippen LogP contribution in [0.3, 0.4) is 0 Å². The molecule has 0 aliphatic heterocycles. The summed E-state index contributed by atoms with van der Waals surface area (Å²) >= 11 is 0. The highest BCUT2D eigenvalue weighted by Gasteiger charge is 2.34. The lowest BCUT2D eigenvalue weighted by Crippen LogP contribution is -2.54. The second kappa shape index (κ2) is 6.70. The van der Waals surface area contributed by atoms with Gasteiger partial charge in [-0.1, -0.05) is 12.8 Å². The third kappa shape index (κ3) is 3.43. The van der Waals surface area contributed by atoms with E-state index in [1.54, 1.807) is 14.0 Å². The molecule has 1 amide bonds. The van der Waals surface area contributed by atoms with E-state index >= 15 is 0 Å². The molecule has 0 aromatic rings. The first-order valence-electron chi connectivity index (χ1n) is 6.36. The van der Waals surface area contributed by atoms with Gasteiger partial charge in [0.05, 0.1) is 18.8 Å². The molecule has 3 N–H and O–H groups in total. The predicted molar refractivity (Wildman–Crippen MR) is 65.6 cm³/mol. The van der Waals surface area contributed by atoms with Gasteiger partial charge in [-0.25, -0.2) is 4.79 Å². The third-order valence-electron chi connectivity index (χ3n) is 3.35. The number of nitrogens with zero attached hydrogens (tertiary/aromatic N) is 1. The van der Waals surface area contributed by atoms with Crippen molar-refractivity contribution in [3.8, 4) is 0 Å². The van der Waals surface area contributed by atoms with Crippen LogP contribution in [0.2, 0.25) is 0 Å². The summed E-state index contributed by atoms with van der Waals surface area (Å²) in [4.78, 5) is 24.8. The molecule has 0 aromatic carbocycles. The largest absolute Gasteiger partial charge is 0.464 e. The van der Waals surface area contributed by atoms with Crippen LogP contribution in [0.25, 0.3) is 0 Å². The van der Waals surface area contributed by atoms with Crippen LogP contribution < -0.4 is 5.73 Å². The molecule has 0 heterocycles. The number of carbonyl (C=O) groups is 2. The normalized spacial score (nSPS) is 25.3. The van der Waals surface area contributed by atoms with Crippen molar-refractivity contribution in [3.05, 3.63) is 0 Å². The Bertz CT molecular complexity index is 308. The van der Waals surface area contributed by atoms with Crippen molar-refractivity contribution in [1.29, 1.82) is 0 Å². The predicted octanol–water partition coefficient (Wildman–Crippen LogP) is -0.361. The maximum absolute atomic E-state index is 12.0. The third-order valence-corrected chi connectivity index (χ3v) is 3.35. The lowest BCUT2D eigenvalue weighted by molar-refractivity contribution is -0.152. The molecular weight excluding hydrogens is 236 g/mol. The molecule has 3 unspecified atom stereocenters. The molecule has 1 saturated carbocycles. The molecule has 3 atom stereocenters. The highest BCUT2D eigenvalue weighted by molar-refractivity contribution is 6.01. The van der Waals surface area contributed by atoms with Crippen LogP contribution in [0, 0.1) is 0 Å². The van der Waals surface area contributed by atoms with Crippen LogP contribution in [0.4, 0.5) is 0 Å². The van der Waals surface area contributed by atoms with E-state index in [-0.39, 0.29) is 12.6 Å². The molecule has 0 spiro atoms. The molecule has 0 saturated heterocycles. The van der Waals surface area contributed by atoms with Crippen LogP contribution in [-0.2, 0) is 14.3 Å². The number of esters is 1. The van der Waals surface area contributed by atoms with Crippen LogP contribution >= 0.6 is 0 Å². The molecule has 6 heteroatoms. The zero-order valence-corrected chi connectivity index (χ0v) is 11.0. The maximum atomic E-state index is 12.0. The van der Waals surface area contributed by atoms with E-state index in [1.807, 2.05) is 0 Å². The Labute approximate surface area is 107 Å². The molecule has 1 aliphatic carbocycles. The van der Waals surface area contributed by atoms with E-state index < -0.39 is 24.0 Å². The fourth-order valence-corrected chi connectivity index (χ4v) is 2.26. The second-order valence-electron chi connectivity index (χ2n) is 4.60. The summed E-state index contributed by atoms with van der Waals surface area (Å²) in [5.41, 5.74) is 5.55. The number of aliphatic hydroxyl groups is 1. The average Bonchev–Trinajstić information content (AvgIpc) is 2.37. The van der Waals surface area contributed by atoms with Gasteiger partial charge in [0.2, 0.25) is 0 Å². The Morgan fingerprint density at radius 2 is 2.06 bits per heavy atom. The van der Waals surface area contributed by atoms with Gasteiger partial charge in [-0.15, -0.1) is 0 Å². The Balaban J connectivity index is 2.61. The highest BCUT2D eigenvalue weighted by Crippen LogP contribution is 2.22. The first-order valence-corrected chi connectivity index (χ1v) is 6.36. The molecule has 104 valence electrons. The van der Waals surface area contributed by atoms with Gasteiger partial charge in [-0.2, -0.15) is 0 Å². The minimum atomic E-state index is -1.30. The van der Waals surface area contributed by atoms with Gasteiger partial charge < -0.3 is 20.5 Å². The molecule has 1 fully saturated rings. The molecule has 0 aromatic heterocycles. The second-order valence-corrected chi connectivity index (χ2v) is 4.60. The van der Waals surface area contributed by atoms with Gasteiger partial charge in [0.1, 0.15) is 0 Å². The summed E-state index contributed by atoms with van der Waals surface area (Å²) in [5, 5.41) is 9.86. The molecule has 0 radical (unpaired) electrons. The molecule has 0 bridgehead atoms. The topological polar surface area (TPSA) is 92.9 Å². The lowest BCUT2D eigenvalue weighted by Gasteiger charge is -2.36. The van der Waals surface area contributed by atoms with Gasteiger partial charge >= 0.3 is 5.97 Å². The number of hydrogen-bond donors (Lipinski definition) is 2. The maximum Gasteiger partial charge on any atom is 0.332 e. The number of hydrogen-bond acceptors (Lipinski definition) is 5. The number of nitrogens with two attached hydrogens (primary N) is 1. The van der Waals surface area contributed by atoms with Crippen molar-refractivity contribution in [1.82, 2.24) is 4.90 Å². The number of aliphatic hydroxyl groups excluding tert-OH is 1. The summed E-state index contributed by atoms with van der Waals surface area (Å²) in [6.45, 7) is 1.85. The lowest BCUT2D eigenvalue weighted by atomic mass is 9.91. The van der Waals surface area contributed by atoms with E-state index in [0.29, 0.717) is 6.42 Å². The minimum absolute atomic E-state index is 0.190. The first-order chi connectivity index (χ1) is 8.49. The highest BCUT2D eigenvalue weighted by atomic mass is 16.5. The summed E-state index contributed by atoms with van der Waals surface area (Å²) in [7, 11) is 1.57. The Hall–Kier alpha value is -1.14. The van der Waals surface area contributed by atoms with Gasteiger partial charge in [0.25, 0.3) is 5.91 Å². The zero-order valence-electron chi connectivity index (χ0n) is 11.0. The molecular formula is C12H22N2O4. The Morgan fingerprint density at radius 1 is 1.44 bits per heavy atom. The molecule has 1 rings (SSSR count). The zero-order chi connectivity index (χ0) is 13.7. The molecule has 18 heavy (non-hydrogen) atoms. The SMILES string of the molecule is CCOC(=O)C(N)C(=O)N(C)C1CCCCC1O. The number of carbonyl (C=O) groups excluding carboxylic acids is 2. The number of amides is 1. The first kappa shape index (κ1) is 14.9. The van der Waals surface area contributed by atoms with Gasteiger partial charge in [-0.05, 0) is 19.8 Å². The van der Waals surface area contributed by atoms with E-state index in [0.717, 1.165) is 19.3 Å². The van der Waals surface area contributed by atoms with Crippen molar-refractivity contribution in [2.24, 2.45) is 5.73 Å². The fourth-order valence-electron chi connectivity index (χ4n) is 2.26. The molecule has 6 nitrogen and oxygen atoms in total. The van der Waals surface area contributed by atoms with Gasteiger partial charge in [0, 0.05) is 7.05 Å². The Morgan fingerprint density at radius 3 is 2.61 bits per heavy atom. The van der Waals surface area contributed by atoms with Crippen molar-refractivity contribution < 1.29 is 19.4 Å². The quantitative estimate of drug-likeness (QED) is 0.530. The average molecular weight is 258 g/mol. The number of ether oxygens (including phenoxy) is 1. The number of rotatable bonds is 4. The van der Waals surface area contributed by atoms with Crippen molar-refractivity contribution in [2.45, 2.75) is 50.8 Å². The summed E-state index contributed by atoms with van der Waals surface area (Å²) in [6, 6.07) is -1.56. The summed E-state index contributed by atoms with van der Waals surface area (Å²) in [5.74, 6) is -1.22. The van der Waals surface area contributed by atoms with Crippen molar-refractivity contribution in [3.63, 3.8) is 0 Å². The number of likely N-dealkylation sites (N-methyl/N-ethyl adjacent to an activating group) is 1. The van der Waals surface area contributed by atoms with Crippen LogP contribution in [0.5, 0.6) is 0 Å². The van der Waals surface area contributed by atoms with E-state index in [4.69, 9.17) is 10.5 Å². The molecule has 1 aliphatic rings. The van der Waals surface area contributed by atoms with Crippen molar-refractivity contribution >= 4 is 11.9 Å². The van der Waals surface area contributed by atoms with E-state index in [2.05, 4.69) is 0 Å². The van der Waals surface area contributed by atoms with Gasteiger partial charge in [-0.3, -0.25) is 4.79 Å². The van der Waals surface area contributed by atoms with Crippen LogP contribution in [0.15, 0.2) is 0 Å². The summed E-state index contributed by atoms with van der Waals surface area (Å²) in [6.07, 6.45) is 2.80. The fraction of sp³-hybridized carbons (Fsp3) is 0.833.